The summed E-state index contributed by atoms with van der Waals surface area (Å²) in [7, 11) is 3.46. The van der Waals surface area contributed by atoms with E-state index in [1.165, 1.54) is 0 Å². The minimum Gasteiger partial charge on any atom is -0.447 e. The lowest BCUT2D eigenvalue weighted by molar-refractivity contribution is -0.150. The summed E-state index contributed by atoms with van der Waals surface area (Å²) in [4.78, 5) is 22.7. The van der Waals surface area contributed by atoms with Crippen LogP contribution in [-0.2, 0) is 19.1 Å². The topological polar surface area (TPSA) is 76.7 Å². The van der Waals surface area contributed by atoms with Crippen molar-refractivity contribution in [2.24, 2.45) is 0 Å². The lowest BCUT2D eigenvalue weighted by Crippen LogP contribution is -2.27. The maximum atomic E-state index is 11.3. The third-order valence-corrected chi connectivity index (χ3v) is 2.69. The van der Waals surface area contributed by atoms with Crippen LogP contribution in [0.15, 0.2) is 0 Å². The zero-order chi connectivity index (χ0) is 14.7. The molecule has 0 aromatic carbocycles. The summed E-state index contributed by atoms with van der Waals surface area (Å²) in [6.07, 6.45) is 2.51. The van der Waals surface area contributed by atoms with Gasteiger partial charge < -0.3 is 9.47 Å². The molecule has 0 spiro atoms. The average Bonchev–Trinajstić information content (AvgIpc) is 2.37. The highest BCUT2D eigenvalue weighted by Gasteiger charge is 2.09. The van der Waals surface area contributed by atoms with Crippen molar-refractivity contribution in [2.75, 3.05) is 14.1 Å². The molecule has 0 aromatic heterocycles. The van der Waals surface area contributed by atoms with Crippen LogP contribution in [0.5, 0.6) is 0 Å². The summed E-state index contributed by atoms with van der Waals surface area (Å²) in [6.45, 7) is 3.55. The molecule has 0 aliphatic heterocycles. The molecular weight excluding hydrogens is 248 g/mol. The molecule has 112 valence electrons. The van der Waals surface area contributed by atoms with Crippen LogP contribution < -0.4 is 10.6 Å². The van der Waals surface area contributed by atoms with Gasteiger partial charge in [0.25, 0.3) is 0 Å². The first-order valence-electron chi connectivity index (χ1n) is 6.73. The molecule has 0 aliphatic carbocycles. The summed E-state index contributed by atoms with van der Waals surface area (Å²) < 4.78 is 10.1. The van der Waals surface area contributed by atoms with Crippen LogP contribution in [0, 0.1) is 0 Å². The van der Waals surface area contributed by atoms with E-state index in [1.54, 1.807) is 27.9 Å². The van der Waals surface area contributed by atoms with Crippen LogP contribution in [0.25, 0.3) is 0 Å². The van der Waals surface area contributed by atoms with E-state index in [2.05, 4.69) is 10.6 Å². The van der Waals surface area contributed by atoms with Crippen molar-refractivity contribution in [3.63, 3.8) is 0 Å². The molecule has 2 atom stereocenters. The largest absolute Gasteiger partial charge is 0.447 e. The van der Waals surface area contributed by atoms with Crippen molar-refractivity contribution in [1.29, 1.82) is 0 Å². The van der Waals surface area contributed by atoms with Crippen LogP contribution in [0.2, 0.25) is 0 Å². The second-order valence-electron chi connectivity index (χ2n) is 4.40. The molecule has 6 heteroatoms. The number of hydrogen-bond acceptors (Lipinski definition) is 6. The standard InChI is InChI=1S/C13H26N2O4/c1-10(14-3)18-12(16)8-6-5-7-9-13(17)19-11(2)15-4/h10-11,14-15H,5-9H2,1-4H3. The summed E-state index contributed by atoms with van der Waals surface area (Å²) in [6, 6.07) is 0. The zero-order valence-corrected chi connectivity index (χ0v) is 12.3. The number of rotatable bonds is 10. The van der Waals surface area contributed by atoms with Gasteiger partial charge in [0.1, 0.15) is 12.5 Å². The second kappa shape index (κ2) is 10.8. The lowest BCUT2D eigenvalue weighted by atomic mass is 10.1. The van der Waals surface area contributed by atoms with Crippen LogP contribution >= 0.6 is 0 Å². The average molecular weight is 274 g/mol. The number of carbonyl (C=O) groups is 2. The zero-order valence-electron chi connectivity index (χ0n) is 12.3. The molecule has 0 radical (unpaired) electrons. The molecule has 6 nitrogen and oxygen atoms in total. The number of nitrogens with one attached hydrogen (secondary N) is 2. The van der Waals surface area contributed by atoms with E-state index in [0.29, 0.717) is 12.8 Å². The van der Waals surface area contributed by atoms with Crippen molar-refractivity contribution in [2.45, 2.75) is 58.4 Å². The van der Waals surface area contributed by atoms with Gasteiger partial charge in [-0.05, 0) is 40.8 Å². The van der Waals surface area contributed by atoms with Crippen LogP contribution in [-0.4, -0.2) is 38.5 Å². The van der Waals surface area contributed by atoms with Crippen molar-refractivity contribution in [1.82, 2.24) is 10.6 Å². The molecule has 19 heavy (non-hydrogen) atoms. The number of hydrogen-bond donors (Lipinski definition) is 2. The Morgan fingerprint density at radius 2 is 1.21 bits per heavy atom. The Balaban J connectivity index is 3.49. The van der Waals surface area contributed by atoms with Gasteiger partial charge in [0.2, 0.25) is 0 Å². The molecule has 0 amide bonds. The molecule has 2 unspecified atom stereocenters. The molecule has 0 heterocycles. The maximum Gasteiger partial charge on any atom is 0.307 e. The van der Waals surface area contributed by atoms with E-state index in [-0.39, 0.29) is 24.4 Å². The molecule has 0 saturated carbocycles. The highest BCUT2D eigenvalue weighted by Crippen LogP contribution is 2.06. The smallest absolute Gasteiger partial charge is 0.307 e. The maximum absolute atomic E-state index is 11.3. The lowest BCUT2D eigenvalue weighted by Gasteiger charge is -2.12. The Labute approximate surface area is 115 Å². The van der Waals surface area contributed by atoms with Crippen LogP contribution in [0.4, 0.5) is 0 Å². The van der Waals surface area contributed by atoms with Gasteiger partial charge in [-0.25, -0.2) is 0 Å². The molecule has 0 saturated heterocycles. The van der Waals surface area contributed by atoms with Gasteiger partial charge in [-0.15, -0.1) is 0 Å². The highest BCUT2D eigenvalue weighted by molar-refractivity contribution is 5.70. The normalized spacial score (nSPS) is 13.7. The quantitative estimate of drug-likeness (QED) is 0.353. The molecule has 0 aromatic rings. The minimum atomic E-state index is -0.259. The van der Waals surface area contributed by atoms with Gasteiger partial charge in [0.05, 0.1) is 0 Å². The fourth-order valence-electron chi connectivity index (χ4n) is 1.35. The molecule has 0 aliphatic rings. The summed E-state index contributed by atoms with van der Waals surface area (Å²) in [5.74, 6) is -0.429. The molecular formula is C13H26N2O4. The van der Waals surface area contributed by atoms with Crippen molar-refractivity contribution in [3.8, 4) is 0 Å². The Morgan fingerprint density at radius 3 is 1.53 bits per heavy atom. The first kappa shape index (κ1) is 17.9. The molecule has 0 rings (SSSR count). The van der Waals surface area contributed by atoms with Gasteiger partial charge in [-0.3, -0.25) is 20.2 Å². The van der Waals surface area contributed by atoms with Crippen molar-refractivity contribution >= 4 is 11.9 Å². The van der Waals surface area contributed by atoms with Gasteiger partial charge in [0.15, 0.2) is 0 Å². The van der Waals surface area contributed by atoms with Gasteiger partial charge in [-0.2, -0.15) is 0 Å². The predicted octanol–water partition coefficient (Wildman–Crippen LogP) is 1.15. The Kier molecular flexibility index (Phi) is 10.1. The highest BCUT2D eigenvalue weighted by atomic mass is 16.6. The molecule has 0 bridgehead atoms. The first-order valence-corrected chi connectivity index (χ1v) is 6.73. The van der Waals surface area contributed by atoms with Crippen LogP contribution in [0.3, 0.4) is 0 Å². The molecule has 0 fully saturated rings. The third kappa shape index (κ3) is 10.5. The first-order chi connectivity index (χ1) is 8.99. The SMILES string of the molecule is CNC(C)OC(=O)CCCCCC(=O)OC(C)NC. The van der Waals surface area contributed by atoms with E-state index in [0.717, 1.165) is 19.3 Å². The second-order valence-corrected chi connectivity index (χ2v) is 4.40. The number of carbonyl (C=O) groups excluding carboxylic acids is 2. The summed E-state index contributed by atoms with van der Waals surface area (Å²) in [5, 5.41) is 5.65. The fourth-order valence-corrected chi connectivity index (χ4v) is 1.35. The monoisotopic (exact) mass is 274 g/mol. The van der Waals surface area contributed by atoms with Gasteiger partial charge in [-0.1, -0.05) is 6.42 Å². The minimum absolute atomic E-state index is 0.215. The summed E-state index contributed by atoms with van der Waals surface area (Å²) in [5.41, 5.74) is 0. The van der Waals surface area contributed by atoms with Gasteiger partial charge >= 0.3 is 11.9 Å². The van der Waals surface area contributed by atoms with E-state index in [9.17, 15) is 9.59 Å². The Hall–Kier alpha value is -1.14. The fraction of sp³-hybridized carbons (Fsp3) is 0.846. The molecule has 2 N–H and O–H groups in total. The van der Waals surface area contributed by atoms with Crippen LogP contribution in [0.1, 0.15) is 46.0 Å². The van der Waals surface area contributed by atoms with Crippen molar-refractivity contribution < 1.29 is 19.1 Å². The Bertz CT molecular complexity index is 245. The predicted molar refractivity (Wildman–Crippen MR) is 72.3 cm³/mol. The van der Waals surface area contributed by atoms with Gasteiger partial charge in [0, 0.05) is 12.8 Å². The summed E-state index contributed by atoms with van der Waals surface area (Å²) >= 11 is 0. The number of unbranched alkanes of at least 4 members (excludes halogenated alkanes) is 2. The number of esters is 2. The van der Waals surface area contributed by atoms with E-state index in [4.69, 9.17) is 9.47 Å². The van der Waals surface area contributed by atoms with Crippen molar-refractivity contribution in [3.05, 3.63) is 0 Å². The Morgan fingerprint density at radius 1 is 0.842 bits per heavy atom. The van der Waals surface area contributed by atoms with E-state index < -0.39 is 0 Å². The van der Waals surface area contributed by atoms with E-state index in [1.807, 2.05) is 0 Å². The third-order valence-electron chi connectivity index (χ3n) is 2.69. The van der Waals surface area contributed by atoms with E-state index >= 15 is 0 Å². The number of ether oxygens (including phenoxy) is 2.